The van der Waals surface area contributed by atoms with Crippen molar-refractivity contribution >= 4 is 6.09 Å². The first-order valence-corrected chi connectivity index (χ1v) is 7.84. The second-order valence-electron chi connectivity index (χ2n) is 7.06. The summed E-state index contributed by atoms with van der Waals surface area (Å²) in [6.07, 6.45) is 3.97. The van der Waals surface area contributed by atoms with Gasteiger partial charge in [0.2, 0.25) is 0 Å². The zero-order valence-electron chi connectivity index (χ0n) is 13.0. The lowest BCUT2D eigenvalue weighted by molar-refractivity contribution is -0.00538. The number of nitrogens with zero attached hydrogens (tertiary/aromatic N) is 1. The first-order valence-electron chi connectivity index (χ1n) is 7.84. The fraction of sp³-hybridized carbons (Fsp3) is 0.933. The minimum absolute atomic E-state index is 0.0827. The number of carbonyl (C=O) groups excluding carboxylic acids is 1. The van der Waals surface area contributed by atoms with E-state index in [1.807, 2.05) is 25.7 Å². The van der Waals surface area contributed by atoms with Gasteiger partial charge in [0.15, 0.2) is 0 Å². The third-order valence-corrected chi connectivity index (χ3v) is 4.23. The van der Waals surface area contributed by atoms with Crippen LogP contribution in [-0.4, -0.2) is 48.3 Å². The highest BCUT2D eigenvalue weighted by Gasteiger charge is 2.39. The van der Waals surface area contributed by atoms with Crippen molar-refractivity contribution in [1.82, 2.24) is 10.2 Å². The minimum atomic E-state index is -0.447. The molecule has 2 fully saturated rings. The highest BCUT2D eigenvalue weighted by molar-refractivity contribution is 5.69. The van der Waals surface area contributed by atoms with E-state index in [1.165, 1.54) is 0 Å². The Labute approximate surface area is 122 Å². The molecular weight excluding hydrogens is 254 g/mol. The molecule has 1 amide bonds. The van der Waals surface area contributed by atoms with Crippen molar-refractivity contribution in [2.24, 2.45) is 11.7 Å². The molecular formula is C15H29N3O2. The Kier molecular flexibility index (Phi) is 4.91. The molecule has 0 aromatic heterocycles. The summed E-state index contributed by atoms with van der Waals surface area (Å²) in [5, 5.41) is 3.38. The highest BCUT2D eigenvalue weighted by Crippen LogP contribution is 2.29. The topological polar surface area (TPSA) is 67.6 Å². The Morgan fingerprint density at radius 3 is 2.50 bits per heavy atom. The van der Waals surface area contributed by atoms with Gasteiger partial charge >= 0.3 is 6.09 Å². The molecule has 0 radical (unpaired) electrons. The molecule has 2 aliphatic heterocycles. The van der Waals surface area contributed by atoms with Crippen LogP contribution in [0.1, 0.15) is 46.5 Å². The van der Waals surface area contributed by atoms with Crippen LogP contribution < -0.4 is 11.1 Å². The van der Waals surface area contributed by atoms with Crippen LogP contribution in [0, 0.1) is 5.92 Å². The Morgan fingerprint density at radius 2 is 1.90 bits per heavy atom. The standard InChI is InChI=1S/C15H29N3O2/c1-15(2,3)20-14(19)18-10-4-5-12(16)13(18)11-6-8-17-9-7-11/h11-13,17H,4-10,16H2,1-3H3/t12-,13+/m1/s1. The van der Waals surface area contributed by atoms with Crippen molar-refractivity contribution in [3.63, 3.8) is 0 Å². The summed E-state index contributed by atoms with van der Waals surface area (Å²) in [6.45, 7) is 8.56. The van der Waals surface area contributed by atoms with Gasteiger partial charge in [-0.3, -0.25) is 0 Å². The molecule has 0 aromatic rings. The van der Waals surface area contributed by atoms with Crippen molar-refractivity contribution in [2.45, 2.75) is 64.1 Å². The van der Waals surface area contributed by atoms with Gasteiger partial charge in [0, 0.05) is 12.6 Å². The van der Waals surface area contributed by atoms with Crippen LogP contribution in [0.15, 0.2) is 0 Å². The lowest BCUT2D eigenvalue weighted by Gasteiger charge is -2.45. The molecule has 2 atom stereocenters. The van der Waals surface area contributed by atoms with Crippen LogP contribution in [-0.2, 0) is 4.74 Å². The van der Waals surface area contributed by atoms with E-state index in [2.05, 4.69) is 5.32 Å². The predicted octanol–water partition coefficient (Wildman–Crippen LogP) is 1.71. The molecule has 5 heteroatoms. The summed E-state index contributed by atoms with van der Waals surface area (Å²) in [6, 6.07) is 0.222. The van der Waals surface area contributed by atoms with Crippen LogP contribution in [0.5, 0.6) is 0 Å². The van der Waals surface area contributed by atoms with E-state index in [9.17, 15) is 4.79 Å². The number of rotatable bonds is 1. The second kappa shape index (κ2) is 6.31. The van der Waals surface area contributed by atoms with Crippen molar-refractivity contribution in [3.8, 4) is 0 Å². The van der Waals surface area contributed by atoms with E-state index in [4.69, 9.17) is 10.5 Å². The van der Waals surface area contributed by atoms with Crippen LogP contribution >= 0.6 is 0 Å². The number of carbonyl (C=O) groups is 1. The molecule has 2 aliphatic rings. The smallest absolute Gasteiger partial charge is 0.410 e. The minimum Gasteiger partial charge on any atom is -0.444 e. The molecule has 0 spiro atoms. The normalized spacial score (nSPS) is 29.3. The zero-order chi connectivity index (χ0) is 14.8. The van der Waals surface area contributed by atoms with Crippen LogP contribution in [0.3, 0.4) is 0 Å². The maximum Gasteiger partial charge on any atom is 0.410 e. The number of hydrogen-bond donors (Lipinski definition) is 2. The number of amides is 1. The van der Waals surface area contributed by atoms with Gasteiger partial charge in [0.05, 0.1) is 6.04 Å². The lowest BCUT2D eigenvalue weighted by Crippen LogP contribution is -2.59. The molecule has 3 N–H and O–H groups in total. The summed E-state index contributed by atoms with van der Waals surface area (Å²) < 4.78 is 5.56. The molecule has 5 nitrogen and oxygen atoms in total. The number of likely N-dealkylation sites (tertiary alicyclic amines) is 1. The molecule has 2 saturated heterocycles. The van der Waals surface area contributed by atoms with E-state index >= 15 is 0 Å². The Bertz CT molecular complexity index is 335. The van der Waals surface area contributed by atoms with Gasteiger partial charge in [0.1, 0.15) is 5.60 Å². The van der Waals surface area contributed by atoms with Gasteiger partial charge in [-0.15, -0.1) is 0 Å². The van der Waals surface area contributed by atoms with Crippen LogP contribution in [0.25, 0.3) is 0 Å². The van der Waals surface area contributed by atoms with Gasteiger partial charge < -0.3 is 20.7 Å². The third kappa shape index (κ3) is 3.85. The number of piperidine rings is 2. The molecule has 2 heterocycles. The SMILES string of the molecule is CC(C)(C)OC(=O)N1CCC[C@@H](N)[C@@H]1C1CCNCC1. The summed E-state index contributed by atoms with van der Waals surface area (Å²) in [5.41, 5.74) is 5.88. The van der Waals surface area contributed by atoms with E-state index in [-0.39, 0.29) is 18.2 Å². The molecule has 116 valence electrons. The van der Waals surface area contributed by atoms with Crippen LogP contribution in [0.2, 0.25) is 0 Å². The van der Waals surface area contributed by atoms with Gasteiger partial charge in [-0.05, 0) is 65.5 Å². The first kappa shape index (κ1) is 15.6. The summed E-state index contributed by atoms with van der Waals surface area (Å²) in [7, 11) is 0. The quantitative estimate of drug-likeness (QED) is 0.769. The average molecular weight is 283 g/mol. The molecule has 2 rings (SSSR count). The van der Waals surface area contributed by atoms with E-state index in [1.54, 1.807) is 0 Å². The Balaban J connectivity index is 2.08. The van der Waals surface area contributed by atoms with Crippen molar-refractivity contribution in [2.75, 3.05) is 19.6 Å². The van der Waals surface area contributed by atoms with Crippen molar-refractivity contribution in [3.05, 3.63) is 0 Å². The van der Waals surface area contributed by atoms with E-state index in [0.29, 0.717) is 5.92 Å². The number of hydrogen-bond acceptors (Lipinski definition) is 4. The molecule has 20 heavy (non-hydrogen) atoms. The zero-order valence-corrected chi connectivity index (χ0v) is 13.0. The Morgan fingerprint density at radius 1 is 1.25 bits per heavy atom. The predicted molar refractivity (Wildman–Crippen MR) is 79.5 cm³/mol. The molecule has 0 aromatic carbocycles. The average Bonchev–Trinajstić information content (AvgIpc) is 2.37. The van der Waals surface area contributed by atoms with Crippen molar-refractivity contribution < 1.29 is 9.53 Å². The summed E-state index contributed by atoms with van der Waals surface area (Å²) in [4.78, 5) is 14.3. The largest absolute Gasteiger partial charge is 0.444 e. The molecule has 0 saturated carbocycles. The highest BCUT2D eigenvalue weighted by atomic mass is 16.6. The maximum absolute atomic E-state index is 12.4. The van der Waals surface area contributed by atoms with Crippen molar-refractivity contribution in [1.29, 1.82) is 0 Å². The number of nitrogens with one attached hydrogen (secondary N) is 1. The summed E-state index contributed by atoms with van der Waals surface area (Å²) >= 11 is 0. The Hall–Kier alpha value is -0.810. The fourth-order valence-corrected chi connectivity index (χ4v) is 3.37. The van der Waals surface area contributed by atoms with Gasteiger partial charge in [-0.25, -0.2) is 4.79 Å². The van der Waals surface area contributed by atoms with E-state index < -0.39 is 5.60 Å². The fourth-order valence-electron chi connectivity index (χ4n) is 3.37. The molecule has 0 unspecified atom stereocenters. The monoisotopic (exact) mass is 283 g/mol. The maximum atomic E-state index is 12.4. The molecule has 0 aliphatic carbocycles. The third-order valence-electron chi connectivity index (χ3n) is 4.23. The van der Waals surface area contributed by atoms with Crippen LogP contribution in [0.4, 0.5) is 4.79 Å². The second-order valence-corrected chi connectivity index (χ2v) is 7.06. The molecule has 0 bridgehead atoms. The van der Waals surface area contributed by atoms with E-state index in [0.717, 1.165) is 45.3 Å². The lowest BCUT2D eigenvalue weighted by atomic mass is 9.81. The number of nitrogens with two attached hydrogens (primary N) is 1. The van der Waals surface area contributed by atoms with Gasteiger partial charge in [0.25, 0.3) is 0 Å². The van der Waals surface area contributed by atoms with Gasteiger partial charge in [-0.2, -0.15) is 0 Å². The summed E-state index contributed by atoms with van der Waals surface area (Å²) in [5.74, 6) is 0.499. The van der Waals surface area contributed by atoms with Gasteiger partial charge in [-0.1, -0.05) is 0 Å². The number of ether oxygens (including phenoxy) is 1. The first-order chi connectivity index (χ1) is 9.38.